The summed E-state index contributed by atoms with van der Waals surface area (Å²) in [6, 6.07) is 12.3. The van der Waals surface area contributed by atoms with Crippen LogP contribution in [0.25, 0.3) is 10.8 Å². The smallest absolute Gasteiger partial charge is 0.293 e. The lowest BCUT2D eigenvalue weighted by atomic mass is 9.98. The molecule has 1 aliphatic heterocycles. The molecule has 0 spiro atoms. The van der Waals surface area contributed by atoms with Gasteiger partial charge in [-0.3, -0.25) is 14.4 Å². The highest BCUT2D eigenvalue weighted by atomic mass is 35.5. The summed E-state index contributed by atoms with van der Waals surface area (Å²) >= 11 is 5.86. The van der Waals surface area contributed by atoms with E-state index in [1.54, 1.807) is 9.80 Å². The molecule has 2 amide bonds. The number of amides is 2. The molecule has 1 heterocycles. The van der Waals surface area contributed by atoms with Crippen molar-refractivity contribution in [1.29, 1.82) is 0 Å². The summed E-state index contributed by atoms with van der Waals surface area (Å²) in [5, 5.41) is 3.25. The topological polar surface area (TPSA) is 66.9 Å². The van der Waals surface area contributed by atoms with Crippen molar-refractivity contribution in [2.45, 2.75) is 40.0 Å². The van der Waals surface area contributed by atoms with Crippen molar-refractivity contribution >= 4 is 40.7 Å². The molecule has 0 aromatic heterocycles. The van der Waals surface area contributed by atoms with E-state index in [1.807, 2.05) is 32.0 Å². The Balaban J connectivity index is 0.000000349. The number of hydrogen-bond acceptors (Lipinski definition) is 4. The quantitative estimate of drug-likeness (QED) is 0.400. The number of aryl methyl sites for hydroxylation is 1. The molecule has 0 radical (unpaired) electrons. The van der Waals surface area contributed by atoms with Gasteiger partial charge in [0, 0.05) is 24.7 Å². The van der Waals surface area contributed by atoms with Crippen LogP contribution in [0.5, 0.6) is 0 Å². The Morgan fingerprint density at radius 1 is 1.21 bits per heavy atom. The standard InChI is InChI=1S/C14H24N2O4.C11H9Cl.C2H2/c1-3-7-15(4-2)13(18)9-16-8-5-6-12(14(16)19)10-20-11-17;1-8-2-3-10-7-11(12)5-4-9(10)6-8;1-2/h11-12H,3-10H2,1-2H3;2-7H,1H3;1-2H/t12-;;/m1../s1. The molecule has 0 N–H and O–H groups in total. The molecule has 1 saturated heterocycles. The van der Waals surface area contributed by atoms with Crippen LogP contribution >= 0.6 is 11.6 Å². The van der Waals surface area contributed by atoms with E-state index in [0.29, 0.717) is 26.0 Å². The summed E-state index contributed by atoms with van der Waals surface area (Å²) in [5.41, 5.74) is 1.28. The highest BCUT2D eigenvalue weighted by Crippen LogP contribution is 2.20. The van der Waals surface area contributed by atoms with Gasteiger partial charge in [0.05, 0.1) is 12.5 Å². The lowest BCUT2D eigenvalue weighted by Gasteiger charge is -2.33. The van der Waals surface area contributed by atoms with Crippen LogP contribution in [-0.2, 0) is 19.1 Å². The highest BCUT2D eigenvalue weighted by molar-refractivity contribution is 6.31. The fourth-order valence-electron chi connectivity index (χ4n) is 3.82. The predicted molar refractivity (Wildman–Crippen MR) is 137 cm³/mol. The zero-order valence-electron chi connectivity index (χ0n) is 20.3. The Hall–Kier alpha value is -3.04. The first kappa shape index (κ1) is 29.0. The number of piperidine rings is 1. The normalized spacial score (nSPS) is 14.8. The molecule has 1 fully saturated rings. The van der Waals surface area contributed by atoms with Crippen LogP contribution in [0.2, 0.25) is 5.02 Å². The third kappa shape index (κ3) is 9.07. The minimum absolute atomic E-state index is 0.0142. The van der Waals surface area contributed by atoms with Crippen molar-refractivity contribution in [3.8, 4) is 12.8 Å². The van der Waals surface area contributed by atoms with E-state index in [-0.39, 0.29) is 30.9 Å². The van der Waals surface area contributed by atoms with Crippen molar-refractivity contribution in [3.63, 3.8) is 0 Å². The van der Waals surface area contributed by atoms with Gasteiger partial charge in [-0.15, -0.1) is 12.8 Å². The maximum absolute atomic E-state index is 12.2. The molecule has 3 rings (SSSR count). The van der Waals surface area contributed by atoms with Gasteiger partial charge in [-0.25, -0.2) is 0 Å². The van der Waals surface area contributed by atoms with Crippen LogP contribution in [0.1, 0.15) is 38.7 Å². The van der Waals surface area contributed by atoms with Gasteiger partial charge in [0.1, 0.15) is 6.61 Å². The number of carbonyl (C=O) groups excluding carboxylic acids is 3. The van der Waals surface area contributed by atoms with E-state index < -0.39 is 0 Å². The number of nitrogens with zero attached hydrogens (tertiary/aromatic N) is 2. The Morgan fingerprint density at radius 2 is 1.88 bits per heavy atom. The first-order chi connectivity index (χ1) is 16.4. The number of likely N-dealkylation sites (tertiary alicyclic amines) is 1. The molecular weight excluding hydrogens is 452 g/mol. The number of rotatable bonds is 8. The first-order valence-corrected chi connectivity index (χ1v) is 11.9. The van der Waals surface area contributed by atoms with Crippen molar-refractivity contribution in [2.24, 2.45) is 5.92 Å². The van der Waals surface area contributed by atoms with Crippen molar-refractivity contribution in [3.05, 3.63) is 47.0 Å². The number of ether oxygens (including phenoxy) is 1. The molecule has 6 nitrogen and oxygen atoms in total. The molecule has 0 saturated carbocycles. The Labute approximate surface area is 208 Å². The van der Waals surface area contributed by atoms with Gasteiger partial charge in [-0.05, 0) is 56.0 Å². The van der Waals surface area contributed by atoms with Gasteiger partial charge < -0.3 is 14.5 Å². The van der Waals surface area contributed by atoms with Crippen LogP contribution in [0.3, 0.4) is 0 Å². The molecule has 0 bridgehead atoms. The molecule has 1 atom stereocenters. The summed E-state index contributed by atoms with van der Waals surface area (Å²) in [7, 11) is 0. The van der Waals surface area contributed by atoms with Crippen LogP contribution in [0.15, 0.2) is 36.4 Å². The maximum atomic E-state index is 12.2. The van der Waals surface area contributed by atoms with Crippen molar-refractivity contribution < 1.29 is 19.1 Å². The molecule has 7 heteroatoms. The molecule has 0 unspecified atom stereocenters. The van der Waals surface area contributed by atoms with E-state index in [4.69, 9.17) is 11.6 Å². The molecule has 2 aromatic carbocycles. The molecule has 1 aliphatic rings. The van der Waals surface area contributed by atoms with Crippen molar-refractivity contribution in [1.82, 2.24) is 9.80 Å². The number of carbonyl (C=O) groups is 3. The molecule has 34 heavy (non-hydrogen) atoms. The molecule has 2 aromatic rings. The van der Waals surface area contributed by atoms with Crippen LogP contribution < -0.4 is 0 Å². The van der Waals surface area contributed by atoms with E-state index >= 15 is 0 Å². The number of benzene rings is 2. The number of terminal acetylenes is 1. The average Bonchev–Trinajstić information content (AvgIpc) is 2.84. The van der Waals surface area contributed by atoms with Gasteiger partial charge in [0.15, 0.2) is 0 Å². The lowest BCUT2D eigenvalue weighted by molar-refractivity contribution is -0.148. The summed E-state index contributed by atoms with van der Waals surface area (Å²) in [6.45, 7) is 8.63. The van der Waals surface area contributed by atoms with Crippen LogP contribution in [0.4, 0.5) is 0 Å². The van der Waals surface area contributed by atoms with Gasteiger partial charge in [0.25, 0.3) is 6.47 Å². The Morgan fingerprint density at radius 3 is 2.53 bits per heavy atom. The third-order valence-electron chi connectivity index (χ3n) is 5.52. The summed E-state index contributed by atoms with van der Waals surface area (Å²) in [6.07, 6.45) is 10.5. The second kappa shape index (κ2) is 15.7. The van der Waals surface area contributed by atoms with Gasteiger partial charge in [0.2, 0.25) is 11.8 Å². The number of fused-ring (bicyclic) bond motifs is 1. The number of likely N-dealkylation sites (N-methyl/N-ethyl adjacent to an activating group) is 1. The summed E-state index contributed by atoms with van der Waals surface area (Å²) in [4.78, 5) is 37.9. The van der Waals surface area contributed by atoms with Crippen LogP contribution in [0, 0.1) is 25.7 Å². The monoisotopic (exact) mass is 486 g/mol. The van der Waals surface area contributed by atoms with E-state index in [9.17, 15) is 14.4 Å². The van der Waals surface area contributed by atoms with E-state index in [0.717, 1.165) is 24.4 Å². The Bertz CT molecular complexity index is 919. The molecular formula is C27H35ClN2O4. The van der Waals surface area contributed by atoms with Crippen molar-refractivity contribution in [2.75, 3.05) is 32.8 Å². The largest absolute Gasteiger partial charge is 0.467 e. The second-order valence-corrected chi connectivity index (χ2v) is 8.43. The minimum atomic E-state index is -0.303. The van der Waals surface area contributed by atoms with Gasteiger partial charge in [-0.1, -0.05) is 48.4 Å². The summed E-state index contributed by atoms with van der Waals surface area (Å²) in [5.74, 6) is -0.401. The fraction of sp³-hybridized carbons (Fsp3) is 0.444. The number of hydrogen-bond donors (Lipinski definition) is 0. The van der Waals surface area contributed by atoms with Crippen LogP contribution in [-0.4, -0.2) is 60.9 Å². The minimum Gasteiger partial charge on any atom is -0.467 e. The third-order valence-corrected chi connectivity index (χ3v) is 5.75. The maximum Gasteiger partial charge on any atom is 0.293 e. The highest BCUT2D eigenvalue weighted by Gasteiger charge is 2.31. The van der Waals surface area contributed by atoms with E-state index in [1.165, 1.54) is 16.3 Å². The van der Waals surface area contributed by atoms with Gasteiger partial charge in [-0.2, -0.15) is 0 Å². The Kier molecular flexibility index (Phi) is 13.4. The summed E-state index contributed by atoms with van der Waals surface area (Å²) < 4.78 is 4.68. The molecule has 0 aliphatic carbocycles. The second-order valence-electron chi connectivity index (χ2n) is 8.00. The SMILES string of the molecule is C#C.CCCN(CC)C(=O)CN1CCC[C@H](COC=O)C1=O.Cc1ccc2cc(Cl)ccc2c1. The first-order valence-electron chi connectivity index (χ1n) is 11.5. The lowest BCUT2D eigenvalue weighted by Crippen LogP contribution is -2.48. The average molecular weight is 487 g/mol. The van der Waals surface area contributed by atoms with Gasteiger partial charge >= 0.3 is 0 Å². The fourth-order valence-corrected chi connectivity index (χ4v) is 4.00. The predicted octanol–water partition coefficient (Wildman–Crippen LogP) is 4.71. The zero-order valence-corrected chi connectivity index (χ0v) is 21.1. The number of halogens is 1. The molecule has 184 valence electrons. The zero-order chi connectivity index (χ0) is 25.5. The van der Waals surface area contributed by atoms with E-state index in [2.05, 4.69) is 42.7 Å².